The Morgan fingerprint density at radius 2 is 2.00 bits per heavy atom. The zero-order valence-electron chi connectivity index (χ0n) is 16.4. The van der Waals surface area contributed by atoms with Crippen molar-refractivity contribution >= 4 is 17.7 Å². The number of thioether (sulfide) groups is 1. The standard InChI is InChI=1S/C19H24N4O5S/c1-12-3-4-14(5-20-12)27-15-8-25-16-6-23(7-17(16)26-9-15)19(24)11-29-10-18-21-13(2)22-28-18/h3-5,15-17H,6-11H2,1-2H3/t16-,17-/m0/s1. The molecule has 2 aliphatic rings. The van der Waals surface area contributed by atoms with Crippen LogP contribution in [0.3, 0.4) is 0 Å². The van der Waals surface area contributed by atoms with E-state index in [2.05, 4.69) is 15.1 Å². The molecule has 0 radical (unpaired) electrons. The fourth-order valence-electron chi connectivity index (χ4n) is 3.28. The number of carbonyl (C=O) groups excluding carboxylic acids is 1. The van der Waals surface area contributed by atoms with Gasteiger partial charge in [-0.25, -0.2) is 0 Å². The van der Waals surface area contributed by atoms with Crippen molar-refractivity contribution in [2.24, 2.45) is 0 Å². The number of carbonyl (C=O) groups is 1. The second-order valence-electron chi connectivity index (χ2n) is 7.15. The molecule has 156 valence electrons. The fraction of sp³-hybridized carbons (Fsp3) is 0.579. The topological polar surface area (TPSA) is 99.8 Å². The van der Waals surface area contributed by atoms with Gasteiger partial charge in [0, 0.05) is 18.8 Å². The van der Waals surface area contributed by atoms with E-state index in [0.29, 0.717) is 55.3 Å². The summed E-state index contributed by atoms with van der Waals surface area (Å²) in [6.45, 7) is 5.60. The molecule has 0 saturated carbocycles. The van der Waals surface area contributed by atoms with E-state index in [1.807, 2.05) is 19.1 Å². The molecule has 9 nitrogen and oxygen atoms in total. The molecular weight excluding hydrogens is 396 g/mol. The van der Waals surface area contributed by atoms with Crippen molar-refractivity contribution in [2.75, 3.05) is 32.1 Å². The highest BCUT2D eigenvalue weighted by Crippen LogP contribution is 2.23. The van der Waals surface area contributed by atoms with Crippen LogP contribution in [0.1, 0.15) is 17.4 Å². The number of rotatable bonds is 6. The minimum Gasteiger partial charge on any atom is -0.484 e. The Labute approximate surface area is 173 Å². The average Bonchev–Trinajstić information content (AvgIpc) is 3.27. The van der Waals surface area contributed by atoms with Gasteiger partial charge in [-0.1, -0.05) is 5.16 Å². The second-order valence-corrected chi connectivity index (χ2v) is 8.13. The first-order valence-corrected chi connectivity index (χ1v) is 10.7. The van der Waals surface area contributed by atoms with Crippen LogP contribution >= 0.6 is 11.8 Å². The number of aryl methyl sites for hydroxylation is 2. The number of nitrogens with zero attached hydrogens (tertiary/aromatic N) is 4. The minimum atomic E-state index is -0.192. The van der Waals surface area contributed by atoms with Crippen molar-refractivity contribution in [1.29, 1.82) is 0 Å². The molecule has 2 aromatic rings. The first kappa shape index (κ1) is 20.1. The van der Waals surface area contributed by atoms with Crippen LogP contribution in [0.2, 0.25) is 0 Å². The van der Waals surface area contributed by atoms with Crippen molar-refractivity contribution in [1.82, 2.24) is 20.0 Å². The van der Waals surface area contributed by atoms with Crippen LogP contribution in [-0.2, 0) is 20.0 Å². The summed E-state index contributed by atoms with van der Waals surface area (Å²) >= 11 is 1.46. The number of aromatic nitrogens is 3. The third kappa shape index (κ3) is 5.26. The van der Waals surface area contributed by atoms with Crippen LogP contribution in [0.25, 0.3) is 0 Å². The summed E-state index contributed by atoms with van der Waals surface area (Å²) in [6.07, 6.45) is 1.25. The summed E-state index contributed by atoms with van der Waals surface area (Å²) in [5.74, 6) is 2.77. The number of amides is 1. The maximum absolute atomic E-state index is 12.5. The summed E-state index contributed by atoms with van der Waals surface area (Å²) in [6, 6.07) is 3.80. The number of fused-ring (bicyclic) bond motifs is 1. The molecule has 2 aliphatic heterocycles. The van der Waals surface area contributed by atoms with E-state index in [1.54, 1.807) is 18.0 Å². The number of hydrogen-bond acceptors (Lipinski definition) is 9. The monoisotopic (exact) mass is 420 g/mol. The summed E-state index contributed by atoms with van der Waals surface area (Å²) in [5.41, 5.74) is 0.940. The highest BCUT2D eigenvalue weighted by Gasteiger charge is 2.39. The molecule has 29 heavy (non-hydrogen) atoms. The van der Waals surface area contributed by atoms with Crippen LogP contribution in [0.4, 0.5) is 0 Å². The lowest BCUT2D eigenvalue weighted by Crippen LogP contribution is -2.33. The van der Waals surface area contributed by atoms with Crippen molar-refractivity contribution in [2.45, 2.75) is 37.9 Å². The lowest BCUT2D eigenvalue weighted by molar-refractivity contribution is -0.128. The quantitative estimate of drug-likeness (QED) is 0.686. The summed E-state index contributed by atoms with van der Waals surface area (Å²) in [7, 11) is 0. The van der Waals surface area contributed by atoms with Gasteiger partial charge in [0.2, 0.25) is 11.8 Å². The third-order valence-electron chi connectivity index (χ3n) is 4.77. The van der Waals surface area contributed by atoms with Gasteiger partial charge in [0.25, 0.3) is 0 Å². The van der Waals surface area contributed by atoms with E-state index in [4.69, 9.17) is 18.7 Å². The van der Waals surface area contributed by atoms with Crippen LogP contribution in [0.15, 0.2) is 22.9 Å². The largest absolute Gasteiger partial charge is 0.484 e. The van der Waals surface area contributed by atoms with Crippen molar-refractivity contribution < 1.29 is 23.5 Å². The van der Waals surface area contributed by atoms with Crippen LogP contribution < -0.4 is 4.74 Å². The Kier molecular flexibility index (Phi) is 6.31. The van der Waals surface area contributed by atoms with Crippen molar-refractivity contribution in [3.8, 4) is 5.75 Å². The molecule has 1 amide bonds. The fourth-order valence-corrected chi connectivity index (χ4v) is 4.03. The Morgan fingerprint density at radius 1 is 1.24 bits per heavy atom. The van der Waals surface area contributed by atoms with Gasteiger partial charge in [0.1, 0.15) is 24.1 Å². The Bertz CT molecular complexity index is 814. The van der Waals surface area contributed by atoms with Gasteiger partial charge < -0.3 is 23.6 Å². The van der Waals surface area contributed by atoms with Crippen LogP contribution in [0.5, 0.6) is 5.75 Å². The molecule has 2 aromatic heterocycles. The lowest BCUT2D eigenvalue weighted by Gasteiger charge is -2.19. The van der Waals surface area contributed by atoms with E-state index >= 15 is 0 Å². The van der Waals surface area contributed by atoms with Gasteiger partial charge in [-0.15, -0.1) is 11.8 Å². The van der Waals surface area contributed by atoms with Gasteiger partial charge in [0.15, 0.2) is 5.82 Å². The third-order valence-corrected chi connectivity index (χ3v) is 5.67. The van der Waals surface area contributed by atoms with E-state index in [-0.39, 0.29) is 24.2 Å². The summed E-state index contributed by atoms with van der Waals surface area (Å²) in [4.78, 5) is 22.7. The molecule has 10 heteroatoms. The molecule has 0 aliphatic carbocycles. The average molecular weight is 420 g/mol. The van der Waals surface area contributed by atoms with Crippen LogP contribution in [0, 0.1) is 13.8 Å². The molecule has 0 aromatic carbocycles. The van der Waals surface area contributed by atoms with Crippen molar-refractivity contribution in [3.63, 3.8) is 0 Å². The van der Waals surface area contributed by atoms with E-state index < -0.39 is 0 Å². The summed E-state index contributed by atoms with van der Waals surface area (Å²) < 4.78 is 22.9. The van der Waals surface area contributed by atoms with E-state index in [9.17, 15) is 4.79 Å². The Hall–Kier alpha value is -2.17. The first-order chi connectivity index (χ1) is 14.1. The molecule has 4 heterocycles. The maximum Gasteiger partial charge on any atom is 0.236 e. The van der Waals surface area contributed by atoms with Gasteiger partial charge in [-0.05, 0) is 26.0 Å². The zero-order valence-corrected chi connectivity index (χ0v) is 17.3. The zero-order chi connectivity index (χ0) is 20.2. The number of likely N-dealkylation sites (tertiary alicyclic amines) is 1. The molecule has 4 rings (SSSR count). The predicted molar refractivity (Wildman–Crippen MR) is 105 cm³/mol. The summed E-state index contributed by atoms with van der Waals surface area (Å²) in [5, 5.41) is 3.74. The van der Waals surface area contributed by atoms with Gasteiger partial charge in [-0.3, -0.25) is 9.78 Å². The minimum absolute atomic E-state index is 0.0602. The SMILES string of the molecule is Cc1ccc(OC2CO[C@H]3CN(C(=O)CSCc4nc(C)no4)C[C@@H]3OC2)cn1. The maximum atomic E-state index is 12.5. The molecule has 0 unspecified atom stereocenters. The molecular formula is C19H24N4O5S. The molecule has 2 saturated heterocycles. The highest BCUT2D eigenvalue weighted by atomic mass is 32.2. The van der Waals surface area contributed by atoms with Crippen molar-refractivity contribution in [3.05, 3.63) is 35.7 Å². The molecule has 2 fully saturated rings. The first-order valence-electron chi connectivity index (χ1n) is 9.54. The van der Waals surface area contributed by atoms with Gasteiger partial charge in [0.05, 0.1) is 30.9 Å². The smallest absolute Gasteiger partial charge is 0.236 e. The molecule has 0 bridgehead atoms. The van der Waals surface area contributed by atoms with Crippen LogP contribution in [-0.4, -0.2) is 76.3 Å². The number of pyridine rings is 1. The number of hydrogen-bond donors (Lipinski definition) is 0. The van der Waals surface area contributed by atoms with E-state index in [0.717, 1.165) is 5.69 Å². The number of ether oxygens (including phenoxy) is 3. The normalized spacial score (nSPS) is 22.3. The second kappa shape index (κ2) is 9.10. The van der Waals surface area contributed by atoms with E-state index in [1.165, 1.54) is 11.8 Å². The lowest BCUT2D eigenvalue weighted by atomic mass is 10.3. The molecule has 0 spiro atoms. The van der Waals surface area contributed by atoms with Gasteiger partial charge in [-0.2, -0.15) is 4.98 Å². The Balaban J connectivity index is 1.21. The molecule has 2 atom stereocenters. The Morgan fingerprint density at radius 3 is 2.62 bits per heavy atom. The molecule has 0 N–H and O–H groups in total. The predicted octanol–water partition coefficient (Wildman–Crippen LogP) is 1.39. The van der Waals surface area contributed by atoms with Gasteiger partial charge >= 0.3 is 0 Å². The highest BCUT2D eigenvalue weighted by molar-refractivity contribution is 7.99.